The molecule has 0 amide bonds. The molecule has 3 heteroatoms. The third-order valence-electron chi connectivity index (χ3n) is 3.99. The molecule has 0 radical (unpaired) electrons. The maximum absolute atomic E-state index is 12.3. The highest BCUT2D eigenvalue weighted by atomic mass is 16.1. The van der Waals surface area contributed by atoms with Crippen LogP contribution in [0.25, 0.3) is 0 Å². The maximum Gasteiger partial charge on any atom is 0.208 e. The van der Waals surface area contributed by atoms with E-state index < -0.39 is 5.92 Å². The highest BCUT2D eigenvalue weighted by molar-refractivity contribution is 5.89. The third kappa shape index (κ3) is 3.65. The van der Waals surface area contributed by atoms with Crippen LogP contribution in [0.2, 0.25) is 0 Å². The van der Waals surface area contributed by atoms with E-state index in [-0.39, 0.29) is 5.78 Å². The molecule has 1 aromatic carbocycles. The highest BCUT2D eigenvalue weighted by Gasteiger charge is 2.26. The van der Waals surface area contributed by atoms with Crippen LogP contribution in [0, 0.1) is 17.2 Å². The summed E-state index contributed by atoms with van der Waals surface area (Å²) in [7, 11) is 0. The quantitative estimate of drug-likeness (QED) is 0.880. The van der Waals surface area contributed by atoms with Gasteiger partial charge in [-0.3, -0.25) is 4.79 Å². The maximum atomic E-state index is 12.3. The Balaban J connectivity index is 1.97. The minimum absolute atomic E-state index is 0.0539. The predicted molar refractivity (Wildman–Crippen MR) is 73.8 cm³/mol. The molecule has 1 atom stereocenters. The van der Waals surface area contributed by atoms with E-state index in [0.29, 0.717) is 6.54 Å². The number of ketones is 1. The van der Waals surface area contributed by atoms with Crippen LogP contribution >= 0.6 is 0 Å². The van der Waals surface area contributed by atoms with Gasteiger partial charge in [-0.05, 0) is 24.3 Å². The van der Waals surface area contributed by atoms with Gasteiger partial charge in [0.2, 0.25) is 5.78 Å². The number of Topliss-reactive ketones (excluding diaryl/α,β-unsaturated/α-hetero) is 1. The number of likely N-dealkylation sites (tertiary alicyclic amines) is 1. The molecule has 0 bridgehead atoms. The van der Waals surface area contributed by atoms with Gasteiger partial charge in [-0.25, -0.2) is 0 Å². The van der Waals surface area contributed by atoms with E-state index in [0.717, 1.165) is 24.6 Å². The summed E-state index contributed by atoms with van der Waals surface area (Å²) in [6.07, 6.45) is 2.37. The first-order valence-corrected chi connectivity index (χ1v) is 7.01. The Morgan fingerprint density at radius 1 is 1.37 bits per heavy atom. The van der Waals surface area contributed by atoms with Gasteiger partial charge in [0.1, 0.15) is 12.5 Å². The van der Waals surface area contributed by atoms with Crippen molar-refractivity contribution in [2.24, 2.45) is 5.92 Å². The van der Waals surface area contributed by atoms with Crippen molar-refractivity contribution in [3.05, 3.63) is 35.9 Å². The van der Waals surface area contributed by atoms with Crippen molar-refractivity contribution in [1.82, 2.24) is 0 Å². The molecule has 0 aromatic heterocycles. The van der Waals surface area contributed by atoms with Gasteiger partial charge in [-0.2, -0.15) is 5.26 Å². The number of benzene rings is 1. The number of nitrogens with zero attached hydrogens (tertiary/aromatic N) is 1. The first kappa shape index (κ1) is 13.8. The van der Waals surface area contributed by atoms with E-state index in [1.165, 1.54) is 17.7 Å². The lowest BCUT2D eigenvalue weighted by atomic mass is 9.94. The zero-order valence-electron chi connectivity index (χ0n) is 11.4. The summed E-state index contributed by atoms with van der Waals surface area (Å²) >= 11 is 0. The Kier molecular flexibility index (Phi) is 4.70. The second-order valence-corrected chi connectivity index (χ2v) is 5.55. The molecule has 0 unspecified atom stereocenters. The molecule has 1 aliphatic rings. The molecule has 1 N–H and O–H groups in total. The SMILES string of the molecule is CC1CC[NH+](CC(=O)[C@@H](C#N)c2ccccc2)CC1. The first-order valence-electron chi connectivity index (χ1n) is 7.01. The molecule has 1 fully saturated rings. The summed E-state index contributed by atoms with van der Waals surface area (Å²) in [5.74, 6) is 0.228. The summed E-state index contributed by atoms with van der Waals surface area (Å²) in [5.41, 5.74) is 0.819. The molecule has 0 spiro atoms. The van der Waals surface area contributed by atoms with E-state index >= 15 is 0 Å². The van der Waals surface area contributed by atoms with Crippen LogP contribution in [0.15, 0.2) is 30.3 Å². The van der Waals surface area contributed by atoms with E-state index in [1.807, 2.05) is 30.3 Å². The van der Waals surface area contributed by atoms with Gasteiger partial charge in [0.25, 0.3) is 0 Å². The van der Waals surface area contributed by atoms with Gasteiger partial charge in [-0.15, -0.1) is 0 Å². The molecule has 1 saturated heterocycles. The minimum Gasteiger partial charge on any atom is -0.329 e. The number of rotatable bonds is 4. The van der Waals surface area contributed by atoms with Gasteiger partial charge >= 0.3 is 0 Å². The summed E-state index contributed by atoms with van der Waals surface area (Å²) < 4.78 is 0. The largest absolute Gasteiger partial charge is 0.329 e. The summed E-state index contributed by atoms with van der Waals surface area (Å²) in [5, 5.41) is 9.24. The Labute approximate surface area is 114 Å². The first-order chi connectivity index (χ1) is 9.20. The van der Waals surface area contributed by atoms with Gasteiger partial charge in [-0.1, -0.05) is 37.3 Å². The topological polar surface area (TPSA) is 45.3 Å². The minimum atomic E-state index is -0.604. The summed E-state index contributed by atoms with van der Waals surface area (Å²) in [6.45, 7) is 4.86. The Hall–Kier alpha value is -1.66. The van der Waals surface area contributed by atoms with Crippen LogP contribution in [0.5, 0.6) is 0 Å². The van der Waals surface area contributed by atoms with Crippen molar-refractivity contribution in [1.29, 1.82) is 5.26 Å². The molecule has 2 rings (SSSR count). The van der Waals surface area contributed by atoms with Gasteiger partial charge in [0, 0.05) is 0 Å². The molecular formula is C16H21N2O+. The van der Waals surface area contributed by atoms with Crippen molar-refractivity contribution in [2.75, 3.05) is 19.6 Å². The van der Waals surface area contributed by atoms with E-state index in [2.05, 4.69) is 13.0 Å². The van der Waals surface area contributed by atoms with Gasteiger partial charge in [0.05, 0.1) is 19.2 Å². The number of hydrogen-bond donors (Lipinski definition) is 1. The van der Waals surface area contributed by atoms with E-state index in [9.17, 15) is 10.1 Å². The van der Waals surface area contributed by atoms with Crippen LogP contribution in [0.3, 0.4) is 0 Å². The second kappa shape index (κ2) is 6.49. The summed E-state index contributed by atoms with van der Waals surface area (Å²) in [4.78, 5) is 13.6. The number of carbonyl (C=O) groups excluding carboxylic acids is 1. The predicted octanol–water partition coefficient (Wildman–Crippen LogP) is 1.18. The van der Waals surface area contributed by atoms with Crippen molar-refractivity contribution in [2.45, 2.75) is 25.7 Å². The van der Waals surface area contributed by atoms with Crippen LogP contribution in [0.1, 0.15) is 31.2 Å². The van der Waals surface area contributed by atoms with E-state index in [1.54, 1.807) is 0 Å². The molecule has 1 aliphatic heterocycles. The monoisotopic (exact) mass is 257 g/mol. The van der Waals surface area contributed by atoms with Crippen LogP contribution in [-0.4, -0.2) is 25.4 Å². The number of carbonyl (C=O) groups is 1. The smallest absolute Gasteiger partial charge is 0.208 e. The second-order valence-electron chi connectivity index (χ2n) is 5.55. The zero-order chi connectivity index (χ0) is 13.7. The van der Waals surface area contributed by atoms with Gasteiger partial charge in [0.15, 0.2) is 0 Å². The lowest BCUT2D eigenvalue weighted by Crippen LogP contribution is -3.14. The molecule has 3 nitrogen and oxygen atoms in total. The van der Waals surface area contributed by atoms with Crippen LogP contribution in [-0.2, 0) is 4.79 Å². The number of quaternary nitrogens is 1. The molecular weight excluding hydrogens is 236 g/mol. The van der Waals surface area contributed by atoms with Crippen molar-refractivity contribution >= 4 is 5.78 Å². The number of piperidine rings is 1. The average molecular weight is 257 g/mol. The molecule has 1 aromatic rings. The van der Waals surface area contributed by atoms with E-state index in [4.69, 9.17) is 0 Å². The van der Waals surface area contributed by atoms with Crippen molar-refractivity contribution in [3.8, 4) is 6.07 Å². The Morgan fingerprint density at radius 3 is 2.58 bits per heavy atom. The fourth-order valence-electron chi connectivity index (χ4n) is 2.67. The number of nitriles is 1. The molecule has 0 saturated carbocycles. The summed E-state index contributed by atoms with van der Waals surface area (Å²) in [6, 6.07) is 11.5. The normalized spacial score (nSPS) is 24.4. The fourth-order valence-corrected chi connectivity index (χ4v) is 2.67. The molecule has 19 heavy (non-hydrogen) atoms. The lowest BCUT2D eigenvalue weighted by Gasteiger charge is -2.27. The highest BCUT2D eigenvalue weighted by Crippen LogP contribution is 2.15. The zero-order valence-corrected chi connectivity index (χ0v) is 11.4. The van der Waals surface area contributed by atoms with Crippen molar-refractivity contribution < 1.29 is 9.69 Å². The molecule has 0 aliphatic carbocycles. The Morgan fingerprint density at radius 2 is 2.00 bits per heavy atom. The van der Waals surface area contributed by atoms with Gasteiger partial charge < -0.3 is 4.90 Å². The molecule has 100 valence electrons. The number of nitrogens with one attached hydrogen (secondary N) is 1. The third-order valence-corrected chi connectivity index (χ3v) is 3.99. The Bertz CT molecular complexity index is 455. The van der Waals surface area contributed by atoms with Crippen molar-refractivity contribution in [3.63, 3.8) is 0 Å². The average Bonchev–Trinajstić information content (AvgIpc) is 2.43. The van der Waals surface area contributed by atoms with Crippen LogP contribution in [0.4, 0.5) is 0 Å². The fraction of sp³-hybridized carbons (Fsp3) is 0.500. The lowest BCUT2D eigenvalue weighted by molar-refractivity contribution is -0.898. The standard InChI is InChI=1S/C16H20N2O/c1-13-7-9-18(10-8-13)12-16(19)15(11-17)14-5-3-2-4-6-14/h2-6,13,15H,7-10,12H2,1H3/p+1/t15-/m0/s1. The number of hydrogen-bond acceptors (Lipinski definition) is 2. The molecule has 1 heterocycles. The van der Waals surface area contributed by atoms with Crippen LogP contribution < -0.4 is 4.90 Å².